The summed E-state index contributed by atoms with van der Waals surface area (Å²) in [4.78, 5) is 25.5. The van der Waals surface area contributed by atoms with Crippen LogP contribution in [0, 0.1) is 0 Å². The molecule has 0 fully saturated rings. The SMILES string of the molecule is CCc1cn2c3c(cc(C(=O)N[C@@H](Cc4ccccc4)[C@@H](CNCc4cnn(CC)c4)OC=O)cc13)N(C)S(=O)(=O)CC2. The van der Waals surface area contributed by atoms with E-state index in [4.69, 9.17) is 4.74 Å². The number of carbonyl (C=O) groups is 2. The predicted molar refractivity (Wildman–Crippen MR) is 165 cm³/mol. The maximum Gasteiger partial charge on any atom is 0.293 e. The van der Waals surface area contributed by atoms with E-state index in [1.807, 2.05) is 71.9 Å². The van der Waals surface area contributed by atoms with Gasteiger partial charge in [-0.05, 0) is 43.0 Å². The lowest BCUT2D eigenvalue weighted by Crippen LogP contribution is -2.50. The molecule has 1 amide bonds. The Balaban J connectivity index is 1.45. The van der Waals surface area contributed by atoms with Gasteiger partial charge in [-0.15, -0.1) is 0 Å². The summed E-state index contributed by atoms with van der Waals surface area (Å²) < 4.78 is 36.5. The van der Waals surface area contributed by atoms with Gasteiger partial charge in [0.2, 0.25) is 10.0 Å². The van der Waals surface area contributed by atoms with Crippen LogP contribution < -0.4 is 14.9 Å². The molecule has 4 aromatic rings. The van der Waals surface area contributed by atoms with E-state index in [9.17, 15) is 18.0 Å². The summed E-state index contributed by atoms with van der Waals surface area (Å²) in [6.45, 7) is 6.37. The first kappa shape index (κ1) is 30.3. The van der Waals surface area contributed by atoms with Crippen molar-refractivity contribution in [3.05, 3.63) is 83.3 Å². The summed E-state index contributed by atoms with van der Waals surface area (Å²) in [5, 5.41) is 11.6. The van der Waals surface area contributed by atoms with Gasteiger partial charge in [0.15, 0.2) is 0 Å². The number of hydrogen-bond acceptors (Lipinski definition) is 7. The van der Waals surface area contributed by atoms with Crippen molar-refractivity contribution in [2.45, 2.75) is 58.5 Å². The minimum atomic E-state index is -3.55. The molecule has 1 aliphatic heterocycles. The second-order valence-corrected chi connectivity index (χ2v) is 12.9. The van der Waals surface area contributed by atoms with Crippen molar-refractivity contribution < 1.29 is 22.7 Å². The Morgan fingerprint density at radius 2 is 1.93 bits per heavy atom. The van der Waals surface area contributed by atoms with Crippen molar-refractivity contribution in [2.75, 3.05) is 23.7 Å². The summed E-state index contributed by atoms with van der Waals surface area (Å²) in [5.41, 5.74) is 4.60. The number of sulfonamides is 1. The second kappa shape index (κ2) is 13.0. The molecule has 0 radical (unpaired) electrons. The molecule has 0 spiro atoms. The first-order valence-electron chi connectivity index (χ1n) is 14.5. The lowest BCUT2D eigenvalue weighted by molar-refractivity contribution is -0.134. The Morgan fingerprint density at radius 3 is 2.63 bits per heavy atom. The number of amides is 1. The van der Waals surface area contributed by atoms with Crippen molar-refractivity contribution in [3.63, 3.8) is 0 Å². The predicted octanol–water partition coefficient (Wildman–Crippen LogP) is 2.87. The second-order valence-electron chi connectivity index (χ2n) is 10.8. The molecule has 5 rings (SSSR count). The van der Waals surface area contributed by atoms with Crippen LogP contribution in [0.5, 0.6) is 0 Å². The van der Waals surface area contributed by atoms with E-state index in [1.54, 1.807) is 12.3 Å². The van der Waals surface area contributed by atoms with Gasteiger partial charge in [0, 0.05) is 62.1 Å². The maximum atomic E-state index is 13.9. The van der Waals surface area contributed by atoms with Gasteiger partial charge in [0.25, 0.3) is 12.4 Å². The molecule has 43 heavy (non-hydrogen) atoms. The minimum Gasteiger partial charge on any atom is -0.461 e. The third-order valence-electron chi connectivity index (χ3n) is 8.00. The third kappa shape index (κ3) is 6.60. The molecule has 2 aromatic heterocycles. The number of rotatable bonds is 13. The number of aryl methyl sites for hydroxylation is 3. The zero-order valence-corrected chi connectivity index (χ0v) is 25.5. The molecular weight excluding hydrogens is 568 g/mol. The fourth-order valence-electron chi connectivity index (χ4n) is 5.60. The minimum absolute atomic E-state index is 0.0251. The third-order valence-corrected chi connectivity index (χ3v) is 9.73. The number of ether oxygens (including phenoxy) is 1. The van der Waals surface area contributed by atoms with Gasteiger partial charge in [-0.2, -0.15) is 5.10 Å². The molecule has 11 nitrogen and oxygen atoms in total. The molecule has 0 saturated heterocycles. The molecular formula is C31H38N6O5S. The summed E-state index contributed by atoms with van der Waals surface area (Å²) in [7, 11) is -2.02. The number of carbonyl (C=O) groups excluding carboxylic acids is 2. The first-order valence-corrected chi connectivity index (χ1v) is 16.1. The van der Waals surface area contributed by atoms with Crippen molar-refractivity contribution >= 4 is 39.0 Å². The number of aromatic nitrogens is 3. The lowest BCUT2D eigenvalue weighted by Gasteiger charge is -2.27. The van der Waals surface area contributed by atoms with Crippen molar-refractivity contribution in [3.8, 4) is 0 Å². The molecule has 3 heterocycles. The van der Waals surface area contributed by atoms with Crippen molar-refractivity contribution in [1.82, 2.24) is 25.0 Å². The molecule has 228 valence electrons. The van der Waals surface area contributed by atoms with Crippen LogP contribution in [0.25, 0.3) is 10.9 Å². The highest BCUT2D eigenvalue weighted by Gasteiger charge is 2.30. The molecule has 2 aromatic carbocycles. The fourth-order valence-corrected chi connectivity index (χ4v) is 6.74. The molecule has 2 atom stereocenters. The summed E-state index contributed by atoms with van der Waals surface area (Å²) in [5.74, 6) is -0.407. The van der Waals surface area contributed by atoms with E-state index in [-0.39, 0.29) is 11.7 Å². The Bertz CT molecular complexity index is 1700. The number of nitrogens with zero attached hydrogens (tertiary/aromatic N) is 4. The topological polar surface area (TPSA) is 128 Å². The van der Waals surface area contributed by atoms with Crippen LogP contribution in [0.3, 0.4) is 0 Å². The molecule has 12 heteroatoms. The summed E-state index contributed by atoms with van der Waals surface area (Å²) >= 11 is 0. The maximum absolute atomic E-state index is 13.9. The van der Waals surface area contributed by atoms with Gasteiger partial charge >= 0.3 is 0 Å². The van der Waals surface area contributed by atoms with Gasteiger partial charge < -0.3 is 19.9 Å². The van der Waals surface area contributed by atoms with Crippen molar-refractivity contribution in [2.24, 2.45) is 0 Å². The van der Waals surface area contributed by atoms with Crippen LogP contribution in [0.2, 0.25) is 0 Å². The highest BCUT2D eigenvalue weighted by molar-refractivity contribution is 7.92. The first-order chi connectivity index (χ1) is 20.7. The fraction of sp³-hybridized carbons (Fsp3) is 0.387. The van der Waals surface area contributed by atoms with E-state index in [0.717, 1.165) is 40.6 Å². The summed E-state index contributed by atoms with van der Waals surface area (Å²) in [6.07, 6.45) is 6.19. The standard InChI is InChI=1S/C31H38N6O5S/c1-4-24-20-36-11-12-43(40,41)35(3)28-15-25(14-26(24)30(28)36)31(39)34-27(13-22-9-7-6-8-10-22)29(42-21-38)18-32-16-23-17-33-37(5-2)19-23/h6-10,14-15,17,19-21,27,29,32H,4-5,11-13,16,18H2,1-3H3,(H,34,39)/t27-,29+/m0/s1. The van der Waals surface area contributed by atoms with Crippen LogP contribution in [-0.2, 0) is 52.0 Å². The Morgan fingerprint density at radius 1 is 1.14 bits per heavy atom. The number of nitrogens with one attached hydrogen (secondary N) is 2. The van der Waals surface area contributed by atoms with Crippen molar-refractivity contribution in [1.29, 1.82) is 0 Å². The zero-order valence-electron chi connectivity index (χ0n) is 24.7. The van der Waals surface area contributed by atoms with Gasteiger partial charge in [0.1, 0.15) is 6.10 Å². The Labute approximate surface area is 251 Å². The van der Waals surface area contributed by atoms with Gasteiger partial charge in [-0.1, -0.05) is 37.3 Å². The van der Waals surface area contributed by atoms with E-state index in [0.29, 0.717) is 43.8 Å². The monoisotopic (exact) mass is 606 g/mol. The number of benzene rings is 2. The Hall–Kier alpha value is -4.16. The quantitative estimate of drug-likeness (QED) is 0.224. The largest absolute Gasteiger partial charge is 0.461 e. The molecule has 0 bridgehead atoms. The van der Waals surface area contributed by atoms with E-state index < -0.39 is 22.2 Å². The number of anilines is 1. The van der Waals surface area contributed by atoms with Crippen LogP contribution in [0.15, 0.2) is 61.1 Å². The molecule has 0 saturated carbocycles. The summed E-state index contributed by atoms with van der Waals surface area (Å²) in [6, 6.07) is 12.6. The van der Waals surface area contributed by atoms with E-state index in [2.05, 4.69) is 15.7 Å². The van der Waals surface area contributed by atoms with Gasteiger partial charge in [-0.25, -0.2) is 8.42 Å². The normalized spacial score (nSPS) is 15.6. The molecule has 2 N–H and O–H groups in total. The van der Waals surface area contributed by atoms with Crippen LogP contribution >= 0.6 is 0 Å². The van der Waals surface area contributed by atoms with Crippen LogP contribution in [0.1, 0.15) is 40.9 Å². The lowest BCUT2D eigenvalue weighted by atomic mass is 9.99. The highest BCUT2D eigenvalue weighted by atomic mass is 32.2. The zero-order chi connectivity index (χ0) is 30.6. The van der Waals surface area contributed by atoms with E-state index in [1.165, 1.54) is 11.4 Å². The molecule has 0 aliphatic carbocycles. The highest BCUT2D eigenvalue weighted by Crippen LogP contribution is 2.35. The van der Waals surface area contributed by atoms with Gasteiger partial charge in [-0.3, -0.25) is 18.6 Å². The molecule has 1 aliphatic rings. The smallest absolute Gasteiger partial charge is 0.293 e. The Kier molecular flexibility index (Phi) is 9.16. The van der Waals surface area contributed by atoms with Gasteiger partial charge in [0.05, 0.1) is 29.2 Å². The average molecular weight is 607 g/mol. The van der Waals surface area contributed by atoms with E-state index >= 15 is 0 Å². The average Bonchev–Trinajstić information content (AvgIpc) is 3.61. The number of hydrogen-bond donors (Lipinski definition) is 2. The van der Waals surface area contributed by atoms with Crippen LogP contribution in [0.4, 0.5) is 5.69 Å². The molecule has 0 unspecified atom stereocenters. The van der Waals surface area contributed by atoms with Crippen LogP contribution in [-0.4, -0.2) is 66.6 Å².